The smallest absolute Gasteiger partial charge is 0.271 e. The third-order valence-electron chi connectivity index (χ3n) is 3.20. The van der Waals surface area contributed by atoms with Gasteiger partial charge >= 0.3 is 0 Å². The van der Waals surface area contributed by atoms with E-state index in [-0.39, 0.29) is 36.8 Å². The van der Waals surface area contributed by atoms with Crippen LogP contribution in [0.1, 0.15) is 21.1 Å². The van der Waals surface area contributed by atoms with Crippen LogP contribution in [0.4, 0.5) is 0 Å². The van der Waals surface area contributed by atoms with Crippen molar-refractivity contribution in [2.75, 3.05) is 20.6 Å². The van der Waals surface area contributed by atoms with Gasteiger partial charge in [0.25, 0.3) is 5.91 Å². The summed E-state index contributed by atoms with van der Waals surface area (Å²) < 4.78 is 0. The van der Waals surface area contributed by atoms with Crippen LogP contribution in [0.3, 0.4) is 0 Å². The van der Waals surface area contributed by atoms with Crippen LogP contribution >= 0.6 is 36.2 Å². The molecular formula is C16H24Cl2N4OS. The topological polar surface area (TPSA) is 71.2 Å². The summed E-state index contributed by atoms with van der Waals surface area (Å²) >= 11 is 1.42. The Bertz CT molecular complexity index is 607. The average molecular weight is 391 g/mol. The van der Waals surface area contributed by atoms with Crippen molar-refractivity contribution in [2.45, 2.75) is 19.0 Å². The highest BCUT2D eigenvalue weighted by molar-refractivity contribution is 7.09. The standard InChI is InChI=1S/C16H22N4OS.2ClH/c1-20(2)10-13(8-12-6-4-3-5-7-12)18-16(21)14-11-22-15(9-17)19-14;;/h3-7,11,13H,8-10,17H2,1-2H3,(H,18,21);2*1H. The molecule has 1 amide bonds. The van der Waals surface area contributed by atoms with Gasteiger partial charge in [-0.05, 0) is 26.1 Å². The highest BCUT2D eigenvalue weighted by Gasteiger charge is 2.17. The Labute approximate surface area is 159 Å². The number of hydrogen-bond donors (Lipinski definition) is 2. The van der Waals surface area contributed by atoms with E-state index in [1.165, 1.54) is 16.9 Å². The van der Waals surface area contributed by atoms with Gasteiger partial charge in [-0.2, -0.15) is 0 Å². The molecule has 24 heavy (non-hydrogen) atoms. The first-order valence-electron chi connectivity index (χ1n) is 7.22. The summed E-state index contributed by atoms with van der Waals surface area (Å²) in [5.41, 5.74) is 7.19. The van der Waals surface area contributed by atoms with Crippen LogP contribution in [0.15, 0.2) is 35.7 Å². The minimum Gasteiger partial charge on any atom is -0.346 e. The summed E-state index contributed by atoms with van der Waals surface area (Å²) in [4.78, 5) is 18.6. The first-order chi connectivity index (χ1) is 10.6. The van der Waals surface area contributed by atoms with Gasteiger partial charge in [0, 0.05) is 24.5 Å². The van der Waals surface area contributed by atoms with E-state index in [1.807, 2.05) is 32.3 Å². The van der Waals surface area contributed by atoms with Crippen LogP contribution in [0, 0.1) is 0 Å². The lowest BCUT2D eigenvalue weighted by Gasteiger charge is -2.22. The number of hydrogen-bond acceptors (Lipinski definition) is 5. The zero-order valence-electron chi connectivity index (χ0n) is 13.8. The molecule has 0 bridgehead atoms. The minimum atomic E-state index is -0.140. The SMILES string of the molecule is CN(C)CC(Cc1ccccc1)NC(=O)c1csc(CN)n1.Cl.Cl. The number of carbonyl (C=O) groups excluding carboxylic acids is 1. The van der Waals surface area contributed by atoms with Crippen molar-refractivity contribution >= 4 is 42.1 Å². The predicted octanol–water partition coefficient (Wildman–Crippen LogP) is 2.35. The predicted molar refractivity (Wildman–Crippen MR) is 104 cm³/mol. The molecule has 2 aromatic rings. The second kappa shape index (κ2) is 11.4. The van der Waals surface area contributed by atoms with E-state index in [4.69, 9.17) is 5.73 Å². The monoisotopic (exact) mass is 390 g/mol. The molecule has 0 fully saturated rings. The molecule has 0 aliphatic carbocycles. The normalized spacial score (nSPS) is 11.3. The maximum atomic E-state index is 12.3. The summed E-state index contributed by atoms with van der Waals surface area (Å²) in [6.07, 6.45) is 0.790. The average Bonchev–Trinajstić information content (AvgIpc) is 2.96. The Kier molecular flexibility index (Phi) is 10.8. The van der Waals surface area contributed by atoms with Gasteiger partial charge in [-0.3, -0.25) is 4.79 Å². The number of likely N-dealkylation sites (N-methyl/N-ethyl adjacent to an activating group) is 1. The molecule has 0 aliphatic rings. The van der Waals surface area contributed by atoms with Gasteiger partial charge in [-0.15, -0.1) is 36.2 Å². The summed E-state index contributed by atoms with van der Waals surface area (Å²) in [5.74, 6) is -0.140. The number of nitrogens with two attached hydrogens (primary N) is 1. The lowest BCUT2D eigenvalue weighted by atomic mass is 10.1. The van der Waals surface area contributed by atoms with Gasteiger partial charge in [0.1, 0.15) is 10.7 Å². The van der Waals surface area contributed by atoms with Crippen molar-refractivity contribution in [3.05, 3.63) is 52.0 Å². The van der Waals surface area contributed by atoms with E-state index in [1.54, 1.807) is 5.38 Å². The van der Waals surface area contributed by atoms with Crippen LogP contribution in [0.2, 0.25) is 0 Å². The third-order valence-corrected chi connectivity index (χ3v) is 4.08. The quantitative estimate of drug-likeness (QED) is 0.760. The number of nitrogens with zero attached hydrogens (tertiary/aromatic N) is 2. The number of nitrogens with one attached hydrogen (secondary N) is 1. The first-order valence-corrected chi connectivity index (χ1v) is 8.10. The van der Waals surface area contributed by atoms with Crippen molar-refractivity contribution in [1.82, 2.24) is 15.2 Å². The second-order valence-electron chi connectivity index (χ2n) is 5.45. The lowest BCUT2D eigenvalue weighted by molar-refractivity contribution is 0.0925. The maximum absolute atomic E-state index is 12.3. The number of amides is 1. The molecule has 3 N–H and O–H groups in total. The minimum absolute atomic E-state index is 0. The summed E-state index contributed by atoms with van der Waals surface area (Å²) in [7, 11) is 4.00. The van der Waals surface area contributed by atoms with Crippen molar-refractivity contribution in [2.24, 2.45) is 5.73 Å². The van der Waals surface area contributed by atoms with Gasteiger partial charge in [-0.1, -0.05) is 30.3 Å². The number of thiazole rings is 1. The highest BCUT2D eigenvalue weighted by Crippen LogP contribution is 2.10. The maximum Gasteiger partial charge on any atom is 0.271 e. The van der Waals surface area contributed by atoms with Crippen molar-refractivity contribution in [3.8, 4) is 0 Å². The van der Waals surface area contributed by atoms with Gasteiger partial charge < -0.3 is 16.0 Å². The fourth-order valence-electron chi connectivity index (χ4n) is 2.27. The fraction of sp³-hybridized carbons (Fsp3) is 0.375. The fourth-order valence-corrected chi connectivity index (χ4v) is 2.92. The van der Waals surface area contributed by atoms with Gasteiger partial charge in [0.15, 0.2) is 0 Å². The van der Waals surface area contributed by atoms with E-state index in [2.05, 4.69) is 27.3 Å². The molecule has 0 saturated carbocycles. The molecule has 1 aromatic heterocycles. The second-order valence-corrected chi connectivity index (χ2v) is 6.40. The molecule has 8 heteroatoms. The summed E-state index contributed by atoms with van der Waals surface area (Å²) in [5, 5.41) is 5.61. The van der Waals surface area contributed by atoms with Crippen LogP contribution in [-0.2, 0) is 13.0 Å². The summed E-state index contributed by atoms with van der Waals surface area (Å²) in [6.45, 7) is 1.14. The van der Waals surface area contributed by atoms with Crippen molar-refractivity contribution < 1.29 is 4.79 Å². The van der Waals surface area contributed by atoms with E-state index < -0.39 is 0 Å². The molecule has 1 unspecified atom stereocenters. The Morgan fingerprint density at radius 2 is 1.96 bits per heavy atom. The lowest BCUT2D eigenvalue weighted by Crippen LogP contribution is -2.43. The number of halogens is 2. The van der Waals surface area contributed by atoms with E-state index in [9.17, 15) is 4.79 Å². The first kappa shape index (κ1) is 22.8. The molecule has 0 spiro atoms. The van der Waals surface area contributed by atoms with Gasteiger partial charge in [0.2, 0.25) is 0 Å². The summed E-state index contributed by atoms with van der Waals surface area (Å²) in [6, 6.07) is 10.2. The molecule has 1 aromatic carbocycles. The largest absolute Gasteiger partial charge is 0.346 e. The third kappa shape index (κ3) is 7.15. The number of benzene rings is 1. The molecular weight excluding hydrogens is 367 g/mol. The Morgan fingerprint density at radius 3 is 2.50 bits per heavy atom. The molecule has 0 saturated heterocycles. The molecule has 134 valence electrons. The molecule has 1 heterocycles. The molecule has 5 nitrogen and oxygen atoms in total. The van der Waals surface area contributed by atoms with Crippen molar-refractivity contribution in [1.29, 1.82) is 0 Å². The number of carbonyl (C=O) groups is 1. The number of rotatable bonds is 7. The van der Waals surface area contributed by atoms with Crippen LogP contribution in [-0.4, -0.2) is 42.5 Å². The molecule has 2 rings (SSSR count). The van der Waals surface area contributed by atoms with Crippen LogP contribution in [0.5, 0.6) is 0 Å². The van der Waals surface area contributed by atoms with Gasteiger partial charge in [-0.25, -0.2) is 4.98 Å². The molecule has 1 atom stereocenters. The van der Waals surface area contributed by atoms with E-state index >= 15 is 0 Å². The van der Waals surface area contributed by atoms with E-state index in [0.29, 0.717) is 12.2 Å². The van der Waals surface area contributed by atoms with Crippen LogP contribution < -0.4 is 11.1 Å². The van der Waals surface area contributed by atoms with Crippen LogP contribution in [0.25, 0.3) is 0 Å². The zero-order valence-corrected chi connectivity index (χ0v) is 16.2. The van der Waals surface area contributed by atoms with Gasteiger partial charge in [0.05, 0.1) is 0 Å². The Morgan fingerprint density at radius 1 is 1.29 bits per heavy atom. The number of aromatic nitrogens is 1. The molecule has 0 aliphatic heterocycles. The van der Waals surface area contributed by atoms with E-state index in [0.717, 1.165) is 18.0 Å². The zero-order chi connectivity index (χ0) is 15.9. The van der Waals surface area contributed by atoms with Crippen molar-refractivity contribution in [3.63, 3.8) is 0 Å². The highest BCUT2D eigenvalue weighted by atomic mass is 35.5. The Balaban J connectivity index is 0.00000264. The molecule has 0 radical (unpaired) electrons. The Hall–Kier alpha value is -1.18.